The maximum Gasteiger partial charge on any atom is 0.295 e. The van der Waals surface area contributed by atoms with E-state index in [9.17, 15) is 14.7 Å². The molecule has 5 rings (SSSR count). The molecule has 1 aliphatic heterocycles. The van der Waals surface area contributed by atoms with Gasteiger partial charge in [-0.25, -0.2) is 0 Å². The van der Waals surface area contributed by atoms with Crippen molar-refractivity contribution in [1.29, 1.82) is 0 Å². The minimum absolute atomic E-state index is 0.0275. The fraction of sp³-hybridized carbons (Fsp3) is 0.160. The summed E-state index contributed by atoms with van der Waals surface area (Å²) in [6.45, 7) is 4.07. The van der Waals surface area contributed by atoms with Gasteiger partial charge in [0.2, 0.25) is 5.78 Å². The minimum atomic E-state index is -0.932. The molecule has 0 spiro atoms. The van der Waals surface area contributed by atoms with E-state index in [1.807, 2.05) is 19.1 Å². The predicted octanol–water partition coefficient (Wildman–Crippen LogP) is 4.91. The lowest BCUT2D eigenvalue weighted by molar-refractivity contribution is -0.117. The van der Waals surface area contributed by atoms with Crippen LogP contribution < -0.4 is 9.64 Å². The van der Waals surface area contributed by atoms with Crippen LogP contribution in [0.25, 0.3) is 11.0 Å². The smallest absolute Gasteiger partial charge is 0.295 e. The Morgan fingerprint density at radius 1 is 1.15 bits per heavy atom. The summed E-state index contributed by atoms with van der Waals surface area (Å²) in [5.41, 5.74) is 1.03. The van der Waals surface area contributed by atoms with Gasteiger partial charge in [-0.05, 0) is 43.7 Å². The van der Waals surface area contributed by atoms with Crippen molar-refractivity contribution < 1.29 is 28.4 Å². The van der Waals surface area contributed by atoms with E-state index in [0.717, 1.165) is 5.39 Å². The molecule has 33 heavy (non-hydrogen) atoms. The molecule has 1 amide bonds. The molecule has 0 saturated heterocycles. The van der Waals surface area contributed by atoms with Gasteiger partial charge in [0.05, 0.1) is 18.2 Å². The number of ketones is 1. The number of para-hydroxylation sites is 1. The summed E-state index contributed by atoms with van der Waals surface area (Å²) in [4.78, 5) is 27.9. The molecule has 0 aliphatic carbocycles. The number of rotatable bonds is 6. The first-order valence-corrected chi connectivity index (χ1v) is 10.4. The number of aliphatic hydroxyl groups is 1. The molecular weight excluding hydrogens is 424 g/mol. The number of fused-ring (bicyclic) bond motifs is 1. The number of aliphatic hydroxyl groups excluding tert-OH is 1. The highest BCUT2D eigenvalue weighted by atomic mass is 16.5. The summed E-state index contributed by atoms with van der Waals surface area (Å²) >= 11 is 0. The number of hydrogen-bond acceptors (Lipinski definition) is 7. The van der Waals surface area contributed by atoms with E-state index in [-0.39, 0.29) is 17.2 Å². The van der Waals surface area contributed by atoms with Crippen LogP contribution in [0.2, 0.25) is 0 Å². The van der Waals surface area contributed by atoms with Gasteiger partial charge in [-0.2, -0.15) is 0 Å². The second kappa shape index (κ2) is 7.98. The Morgan fingerprint density at radius 2 is 1.91 bits per heavy atom. The van der Waals surface area contributed by atoms with Gasteiger partial charge >= 0.3 is 0 Å². The van der Waals surface area contributed by atoms with Gasteiger partial charge in [-0.1, -0.05) is 35.5 Å². The molecule has 2 aromatic heterocycles. The lowest BCUT2D eigenvalue weighted by atomic mass is 9.95. The third kappa shape index (κ3) is 3.45. The van der Waals surface area contributed by atoms with E-state index in [0.29, 0.717) is 29.3 Å². The minimum Gasteiger partial charge on any atom is -0.503 e. The van der Waals surface area contributed by atoms with Crippen LogP contribution in [0, 0.1) is 6.92 Å². The van der Waals surface area contributed by atoms with E-state index in [2.05, 4.69) is 5.16 Å². The first kappa shape index (κ1) is 20.6. The number of ether oxygens (including phenoxy) is 1. The summed E-state index contributed by atoms with van der Waals surface area (Å²) in [6.07, 6.45) is 0. The number of Topliss-reactive ketones (excluding diaryl/α,β-unsaturated/α-hetero) is 1. The van der Waals surface area contributed by atoms with E-state index >= 15 is 0 Å². The highest BCUT2D eigenvalue weighted by Gasteiger charge is 2.46. The van der Waals surface area contributed by atoms with E-state index in [1.54, 1.807) is 55.5 Å². The number of hydrogen-bond donors (Lipinski definition) is 1. The number of amides is 1. The summed E-state index contributed by atoms with van der Waals surface area (Å²) in [7, 11) is 0. The fourth-order valence-electron chi connectivity index (χ4n) is 4.00. The monoisotopic (exact) mass is 444 g/mol. The van der Waals surface area contributed by atoms with Crippen LogP contribution in [0.1, 0.15) is 34.8 Å². The molecule has 3 heterocycles. The van der Waals surface area contributed by atoms with Crippen molar-refractivity contribution in [2.45, 2.75) is 19.9 Å². The maximum absolute atomic E-state index is 13.5. The Bertz CT molecular complexity index is 1360. The van der Waals surface area contributed by atoms with Gasteiger partial charge in [0.25, 0.3) is 5.91 Å². The number of benzene rings is 2. The lowest BCUT2D eigenvalue weighted by Gasteiger charge is -2.24. The average molecular weight is 444 g/mol. The zero-order valence-electron chi connectivity index (χ0n) is 17.9. The van der Waals surface area contributed by atoms with Crippen molar-refractivity contribution in [2.24, 2.45) is 0 Å². The molecule has 1 unspecified atom stereocenters. The van der Waals surface area contributed by atoms with Crippen LogP contribution >= 0.6 is 0 Å². The largest absolute Gasteiger partial charge is 0.503 e. The average Bonchev–Trinajstić information content (AvgIpc) is 3.51. The quantitative estimate of drug-likeness (QED) is 0.421. The predicted molar refractivity (Wildman–Crippen MR) is 119 cm³/mol. The summed E-state index contributed by atoms with van der Waals surface area (Å²) in [5.74, 6) is -0.636. The number of carbonyl (C=O) groups excluding carboxylic acids is 2. The number of furan rings is 1. The van der Waals surface area contributed by atoms with Crippen LogP contribution in [0.5, 0.6) is 5.75 Å². The SMILES string of the molecule is CCOc1ccc(C2C(C(=O)c3cc4ccccc4o3)=C(O)C(=O)N2c2cc(C)on2)cc1. The van der Waals surface area contributed by atoms with Gasteiger partial charge < -0.3 is 18.8 Å². The fourth-order valence-corrected chi connectivity index (χ4v) is 4.00. The van der Waals surface area contributed by atoms with Crippen LogP contribution in [-0.2, 0) is 4.79 Å². The van der Waals surface area contributed by atoms with Crippen molar-refractivity contribution in [3.05, 3.63) is 89.1 Å². The van der Waals surface area contributed by atoms with Crippen LogP contribution in [-0.4, -0.2) is 28.6 Å². The van der Waals surface area contributed by atoms with Crippen molar-refractivity contribution >= 4 is 28.5 Å². The Morgan fingerprint density at radius 3 is 2.58 bits per heavy atom. The highest BCUT2D eigenvalue weighted by Crippen LogP contribution is 2.42. The third-order valence-electron chi connectivity index (χ3n) is 5.47. The Kier molecular flexibility index (Phi) is 4.97. The summed E-state index contributed by atoms with van der Waals surface area (Å²) in [5, 5.41) is 15.5. The molecule has 0 bridgehead atoms. The zero-order valence-corrected chi connectivity index (χ0v) is 17.9. The van der Waals surface area contributed by atoms with Crippen LogP contribution in [0.4, 0.5) is 5.82 Å². The van der Waals surface area contributed by atoms with E-state index < -0.39 is 23.5 Å². The number of carbonyl (C=O) groups is 2. The number of aromatic nitrogens is 1. The second-order valence-corrected chi connectivity index (χ2v) is 7.62. The van der Waals surface area contributed by atoms with Crippen LogP contribution in [0.15, 0.2) is 80.9 Å². The lowest BCUT2D eigenvalue weighted by Crippen LogP contribution is -2.31. The second-order valence-electron chi connectivity index (χ2n) is 7.62. The molecule has 166 valence electrons. The molecule has 1 aliphatic rings. The third-order valence-corrected chi connectivity index (χ3v) is 5.47. The molecule has 4 aromatic rings. The first-order valence-electron chi connectivity index (χ1n) is 10.4. The highest BCUT2D eigenvalue weighted by molar-refractivity contribution is 6.20. The molecular formula is C25H20N2O6. The molecule has 1 atom stereocenters. The Hall–Kier alpha value is -4.33. The molecule has 8 nitrogen and oxygen atoms in total. The van der Waals surface area contributed by atoms with Gasteiger partial charge in [-0.3, -0.25) is 14.5 Å². The Labute approximate surface area is 188 Å². The van der Waals surface area contributed by atoms with Crippen molar-refractivity contribution in [1.82, 2.24) is 5.16 Å². The van der Waals surface area contributed by atoms with Gasteiger partial charge in [0.15, 0.2) is 17.3 Å². The van der Waals surface area contributed by atoms with E-state index in [1.165, 1.54) is 4.90 Å². The number of anilines is 1. The molecule has 0 radical (unpaired) electrons. The van der Waals surface area contributed by atoms with Crippen molar-refractivity contribution in [3.8, 4) is 5.75 Å². The normalized spacial score (nSPS) is 16.1. The summed E-state index contributed by atoms with van der Waals surface area (Å²) < 4.78 is 16.4. The topological polar surface area (TPSA) is 106 Å². The van der Waals surface area contributed by atoms with Gasteiger partial charge in [0, 0.05) is 11.5 Å². The molecule has 0 fully saturated rings. The standard InChI is InChI=1S/C25H20N2O6/c1-3-31-17-10-8-15(9-11-17)22-21(23(28)19-13-16-6-4-5-7-18(16)32-19)24(29)25(30)27(22)20-12-14(2)33-26-20/h4-13,22,29H,3H2,1-2H3. The molecule has 1 N–H and O–H groups in total. The van der Waals surface area contributed by atoms with E-state index in [4.69, 9.17) is 13.7 Å². The van der Waals surface area contributed by atoms with Gasteiger partial charge in [0.1, 0.15) is 17.1 Å². The van der Waals surface area contributed by atoms with Crippen molar-refractivity contribution in [2.75, 3.05) is 11.5 Å². The zero-order chi connectivity index (χ0) is 23.1. The Balaban J connectivity index is 1.63. The van der Waals surface area contributed by atoms with Crippen molar-refractivity contribution in [3.63, 3.8) is 0 Å². The molecule has 8 heteroatoms. The maximum atomic E-state index is 13.5. The number of nitrogens with zero attached hydrogens (tertiary/aromatic N) is 2. The van der Waals surface area contributed by atoms with Gasteiger partial charge in [-0.15, -0.1) is 0 Å². The summed E-state index contributed by atoms with van der Waals surface area (Å²) in [6, 6.07) is 16.4. The number of aryl methyl sites for hydroxylation is 1. The molecule has 2 aromatic carbocycles. The molecule has 0 saturated carbocycles. The first-order chi connectivity index (χ1) is 16.0. The van der Waals surface area contributed by atoms with Crippen LogP contribution in [0.3, 0.4) is 0 Å².